The van der Waals surface area contributed by atoms with Gasteiger partial charge in [-0.3, -0.25) is 0 Å². The van der Waals surface area contributed by atoms with Crippen LogP contribution in [0.2, 0.25) is 0 Å². The number of hydrogen-bond acceptors (Lipinski definition) is 4. The summed E-state index contributed by atoms with van der Waals surface area (Å²) < 4.78 is 4.95. The summed E-state index contributed by atoms with van der Waals surface area (Å²) in [4.78, 5) is 3.97. The Kier molecular flexibility index (Phi) is 2.99. The number of thiazole rings is 1. The standard InChI is InChI=1S/C7H11NO2S/c1-5(10-2)7(9)6-3-11-4-8-6/h3-5,7,9H,1-2H3. The summed E-state index contributed by atoms with van der Waals surface area (Å²) in [6, 6.07) is 0. The number of ether oxygens (including phenoxy) is 1. The molecule has 0 aliphatic heterocycles. The summed E-state index contributed by atoms with van der Waals surface area (Å²) in [7, 11) is 1.57. The minimum Gasteiger partial charge on any atom is -0.384 e. The Morgan fingerprint density at radius 3 is 2.91 bits per heavy atom. The van der Waals surface area contributed by atoms with Crippen molar-refractivity contribution in [2.45, 2.75) is 19.1 Å². The van der Waals surface area contributed by atoms with Crippen LogP contribution in [0.1, 0.15) is 18.7 Å². The fourth-order valence-electron chi connectivity index (χ4n) is 0.737. The van der Waals surface area contributed by atoms with Crippen LogP contribution < -0.4 is 0 Å². The van der Waals surface area contributed by atoms with E-state index < -0.39 is 6.10 Å². The highest BCUT2D eigenvalue weighted by atomic mass is 32.1. The van der Waals surface area contributed by atoms with Crippen molar-refractivity contribution in [3.8, 4) is 0 Å². The van der Waals surface area contributed by atoms with E-state index >= 15 is 0 Å². The number of methoxy groups -OCH3 is 1. The highest BCUT2D eigenvalue weighted by Crippen LogP contribution is 2.17. The van der Waals surface area contributed by atoms with Crippen LogP contribution in [0.25, 0.3) is 0 Å². The maximum Gasteiger partial charge on any atom is 0.123 e. The summed E-state index contributed by atoms with van der Waals surface area (Å²) in [5.74, 6) is 0. The van der Waals surface area contributed by atoms with Gasteiger partial charge >= 0.3 is 0 Å². The SMILES string of the molecule is COC(C)C(O)c1cscn1. The molecule has 1 aromatic heterocycles. The Morgan fingerprint density at radius 2 is 2.45 bits per heavy atom. The van der Waals surface area contributed by atoms with Gasteiger partial charge in [0.05, 0.1) is 17.3 Å². The van der Waals surface area contributed by atoms with Crippen LogP contribution in [0.5, 0.6) is 0 Å². The molecule has 0 saturated heterocycles. The summed E-state index contributed by atoms with van der Waals surface area (Å²) in [6.45, 7) is 1.81. The van der Waals surface area contributed by atoms with E-state index in [2.05, 4.69) is 4.98 Å². The molecule has 0 aliphatic rings. The molecule has 11 heavy (non-hydrogen) atoms. The Labute approximate surface area is 69.7 Å². The minimum atomic E-state index is -0.605. The number of rotatable bonds is 3. The lowest BCUT2D eigenvalue weighted by atomic mass is 10.2. The summed E-state index contributed by atoms with van der Waals surface area (Å²) in [5, 5.41) is 11.3. The van der Waals surface area contributed by atoms with Gasteiger partial charge < -0.3 is 9.84 Å². The van der Waals surface area contributed by atoms with E-state index in [0.29, 0.717) is 5.69 Å². The number of aliphatic hydroxyl groups excluding tert-OH is 1. The average molecular weight is 173 g/mol. The van der Waals surface area contributed by atoms with E-state index in [4.69, 9.17) is 4.74 Å². The quantitative estimate of drug-likeness (QED) is 0.747. The molecular weight excluding hydrogens is 162 g/mol. The molecule has 2 unspecified atom stereocenters. The predicted octanol–water partition coefficient (Wildman–Crippen LogP) is 1.21. The highest BCUT2D eigenvalue weighted by molar-refractivity contribution is 7.07. The Hall–Kier alpha value is -0.450. The summed E-state index contributed by atoms with van der Waals surface area (Å²) in [5.41, 5.74) is 2.38. The van der Waals surface area contributed by atoms with Gasteiger partial charge in [-0.1, -0.05) is 0 Å². The predicted molar refractivity (Wildman–Crippen MR) is 43.5 cm³/mol. The molecule has 2 atom stereocenters. The first-order valence-corrected chi connectivity index (χ1v) is 4.29. The van der Waals surface area contributed by atoms with Crippen molar-refractivity contribution in [3.05, 3.63) is 16.6 Å². The number of aromatic nitrogens is 1. The van der Waals surface area contributed by atoms with Gasteiger partial charge in [-0.25, -0.2) is 4.98 Å². The van der Waals surface area contributed by atoms with Crippen LogP contribution in [-0.4, -0.2) is 23.3 Å². The van der Waals surface area contributed by atoms with Gasteiger partial charge in [-0.2, -0.15) is 0 Å². The zero-order chi connectivity index (χ0) is 8.27. The monoisotopic (exact) mass is 173 g/mol. The van der Waals surface area contributed by atoms with Gasteiger partial charge in [0.1, 0.15) is 6.10 Å². The number of aliphatic hydroxyl groups is 1. The van der Waals surface area contributed by atoms with Crippen molar-refractivity contribution in [2.24, 2.45) is 0 Å². The molecule has 0 amide bonds. The molecule has 1 rings (SSSR count). The van der Waals surface area contributed by atoms with Crippen LogP contribution in [0, 0.1) is 0 Å². The third-order valence-electron chi connectivity index (χ3n) is 1.57. The first-order chi connectivity index (χ1) is 5.25. The van der Waals surface area contributed by atoms with E-state index in [1.165, 1.54) is 11.3 Å². The molecule has 0 aliphatic carbocycles. The molecule has 4 heteroatoms. The van der Waals surface area contributed by atoms with Crippen LogP contribution >= 0.6 is 11.3 Å². The zero-order valence-electron chi connectivity index (χ0n) is 6.52. The van der Waals surface area contributed by atoms with Crippen LogP contribution in [0.15, 0.2) is 10.9 Å². The van der Waals surface area contributed by atoms with Crippen LogP contribution in [0.4, 0.5) is 0 Å². The topological polar surface area (TPSA) is 42.4 Å². The van der Waals surface area contributed by atoms with Crippen molar-refractivity contribution in [1.82, 2.24) is 4.98 Å². The second-order valence-corrected chi connectivity index (χ2v) is 3.02. The molecule has 1 aromatic rings. The molecule has 0 spiro atoms. The molecule has 62 valence electrons. The third kappa shape index (κ3) is 1.99. The lowest BCUT2D eigenvalue weighted by Gasteiger charge is -2.14. The normalized spacial score (nSPS) is 16.3. The zero-order valence-corrected chi connectivity index (χ0v) is 7.34. The van der Waals surface area contributed by atoms with Gasteiger partial charge in [0.25, 0.3) is 0 Å². The van der Waals surface area contributed by atoms with Crippen molar-refractivity contribution in [2.75, 3.05) is 7.11 Å². The maximum atomic E-state index is 9.50. The lowest BCUT2D eigenvalue weighted by Crippen LogP contribution is -2.16. The molecule has 0 fully saturated rings. The van der Waals surface area contributed by atoms with E-state index in [1.54, 1.807) is 12.6 Å². The second kappa shape index (κ2) is 3.80. The Morgan fingerprint density at radius 1 is 1.73 bits per heavy atom. The molecule has 1 heterocycles. The highest BCUT2D eigenvalue weighted by Gasteiger charge is 2.16. The van der Waals surface area contributed by atoms with Gasteiger partial charge in [-0.15, -0.1) is 11.3 Å². The van der Waals surface area contributed by atoms with E-state index in [9.17, 15) is 5.11 Å². The maximum absolute atomic E-state index is 9.50. The van der Waals surface area contributed by atoms with E-state index in [1.807, 2.05) is 12.3 Å². The largest absolute Gasteiger partial charge is 0.384 e. The van der Waals surface area contributed by atoms with Crippen molar-refractivity contribution in [1.29, 1.82) is 0 Å². The minimum absolute atomic E-state index is 0.197. The molecule has 0 aromatic carbocycles. The fourth-order valence-corrected chi connectivity index (χ4v) is 1.32. The summed E-state index contributed by atoms with van der Waals surface area (Å²) >= 11 is 1.47. The molecule has 0 radical (unpaired) electrons. The Balaban J connectivity index is 2.62. The Bertz CT molecular complexity index is 200. The van der Waals surface area contributed by atoms with Crippen molar-refractivity contribution in [3.63, 3.8) is 0 Å². The average Bonchev–Trinajstić information content (AvgIpc) is 2.53. The lowest BCUT2D eigenvalue weighted by molar-refractivity contribution is -0.00329. The molecular formula is C7H11NO2S. The first kappa shape index (κ1) is 8.64. The summed E-state index contributed by atoms with van der Waals surface area (Å²) in [6.07, 6.45) is -0.802. The molecule has 3 nitrogen and oxygen atoms in total. The van der Waals surface area contributed by atoms with Crippen molar-refractivity contribution < 1.29 is 9.84 Å². The molecule has 0 bridgehead atoms. The number of hydrogen-bond donors (Lipinski definition) is 1. The van der Waals surface area contributed by atoms with E-state index in [0.717, 1.165) is 0 Å². The molecule has 1 N–H and O–H groups in total. The van der Waals surface area contributed by atoms with Gasteiger partial charge in [0, 0.05) is 12.5 Å². The van der Waals surface area contributed by atoms with Crippen molar-refractivity contribution >= 4 is 11.3 Å². The van der Waals surface area contributed by atoms with Gasteiger partial charge in [0.15, 0.2) is 0 Å². The second-order valence-electron chi connectivity index (χ2n) is 2.30. The van der Waals surface area contributed by atoms with E-state index in [-0.39, 0.29) is 6.10 Å². The van der Waals surface area contributed by atoms with Gasteiger partial charge in [0.2, 0.25) is 0 Å². The first-order valence-electron chi connectivity index (χ1n) is 3.34. The van der Waals surface area contributed by atoms with Crippen LogP contribution in [-0.2, 0) is 4.74 Å². The van der Waals surface area contributed by atoms with Crippen LogP contribution in [0.3, 0.4) is 0 Å². The third-order valence-corrected chi connectivity index (χ3v) is 2.18. The smallest absolute Gasteiger partial charge is 0.123 e. The fraction of sp³-hybridized carbons (Fsp3) is 0.571. The molecule has 0 saturated carbocycles. The number of nitrogens with zero attached hydrogens (tertiary/aromatic N) is 1. The van der Waals surface area contributed by atoms with Gasteiger partial charge in [-0.05, 0) is 6.92 Å².